The average molecular weight is 1260 g/mol. The van der Waals surface area contributed by atoms with Crippen LogP contribution in [0.5, 0.6) is 5.75 Å². The third-order valence-electron chi connectivity index (χ3n) is 18.9. The van der Waals surface area contributed by atoms with Gasteiger partial charge in [0.1, 0.15) is 5.75 Å². The average Bonchev–Trinajstić information content (AvgIpc) is 1.80. The topological polar surface area (TPSA) is 148 Å². The molecule has 0 amide bonds. The van der Waals surface area contributed by atoms with E-state index in [2.05, 4.69) is 96.0 Å². The molecule has 0 N–H and O–H groups in total. The van der Waals surface area contributed by atoms with Crippen LogP contribution >= 0.6 is 0 Å². The summed E-state index contributed by atoms with van der Waals surface area (Å²) >= 11 is 0. The van der Waals surface area contributed by atoms with Gasteiger partial charge in [0.15, 0.2) is 5.69 Å². The molecular weight excluding hydrogens is 1180 g/mol. The van der Waals surface area contributed by atoms with Crippen LogP contribution in [0.2, 0.25) is 0 Å². The Morgan fingerprint density at radius 2 is 0.737 bits per heavy atom. The molecule has 95 heavy (non-hydrogen) atoms. The van der Waals surface area contributed by atoms with Crippen LogP contribution in [0, 0.1) is 6.57 Å². The summed E-state index contributed by atoms with van der Waals surface area (Å²) in [7, 11) is 3.68. The molecule has 3 aliphatic rings. The molecule has 10 heterocycles. The van der Waals surface area contributed by atoms with Gasteiger partial charge in [-0.15, -0.1) is 0 Å². The number of hydrogen-bond acceptors (Lipinski definition) is 10. The Morgan fingerprint density at radius 1 is 0.379 bits per heavy atom. The molecule has 478 valence electrons. The molecule has 0 radical (unpaired) electrons. The van der Waals surface area contributed by atoms with Gasteiger partial charge in [-0.3, -0.25) is 42.1 Å². The van der Waals surface area contributed by atoms with Crippen LogP contribution in [-0.2, 0) is 26.7 Å². The van der Waals surface area contributed by atoms with Gasteiger partial charge in [-0.05, 0) is 214 Å². The van der Waals surface area contributed by atoms with Crippen LogP contribution in [0.1, 0.15) is 38.5 Å². The Bertz CT molecular complexity index is 5100. The Hall–Kier alpha value is -10.7. The highest BCUT2D eigenvalue weighted by atomic mass is 16.5. The second-order valence-corrected chi connectivity index (χ2v) is 24.9. The standard InChI is InChI=1S/C27H27N5O.C25H23N5O.C25H26N4O2/c1-29-12-8-22-16-20(4-6-25(22)29)21-9-13-31(27(33)18-21)24-5-7-26-23(17-24)19-28-32(26)15-14-30-10-2-3-11-30;1-26-22-6-4-19(5-7-22)20-10-13-29(25(31)17-20)23-8-9-24-21(16-23)18-27-30(24)15-14-28-11-2-3-12-28;1-31-23-7-4-19(5-8-23)20-10-13-28(25(30)17-20)22-6-9-24-21(16-22)18-26-29(24)15-14-27-11-2-3-12-27/h4-9,12-13,16-19H,2-3,10-11,14-15H2,1H3;4-10,13,16-18H,2-3,11-12,14-15H2;4-10,13,16-18H,2-3,11-12,14-15H2,1H3. The van der Waals surface area contributed by atoms with Crippen molar-refractivity contribution in [2.75, 3.05) is 66.0 Å². The molecule has 0 bridgehead atoms. The lowest BCUT2D eigenvalue weighted by molar-refractivity contribution is 0.318. The minimum Gasteiger partial charge on any atom is -0.497 e. The maximum absolute atomic E-state index is 13.0. The number of nitrogens with zero attached hydrogens (tertiary/aromatic N) is 14. The van der Waals surface area contributed by atoms with E-state index in [0.29, 0.717) is 5.69 Å². The largest absolute Gasteiger partial charge is 0.497 e. The molecule has 3 fully saturated rings. The SMILES string of the molecule is COc1ccc(-c2ccn(-c3ccc4c(cnn4CCN4CCCC4)c3)c(=O)c2)cc1.Cn1ccc2cc(-c3ccn(-c4ccc5c(cnn5CCN5CCCC5)c4)c(=O)c3)ccc21.[C-]#[N+]c1ccc(-c2ccn(-c3ccc4c(cnn4CCN4CCCC4)c3)c(=O)c2)cc1. The first kappa shape index (κ1) is 61.8. The predicted molar refractivity (Wildman–Crippen MR) is 379 cm³/mol. The number of fused-ring (bicyclic) bond motifs is 4. The van der Waals surface area contributed by atoms with Gasteiger partial charge in [0, 0.05) is 114 Å². The normalized spacial score (nSPS) is 14.4. The lowest BCUT2D eigenvalue weighted by Crippen LogP contribution is -2.24. The highest BCUT2D eigenvalue weighted by Crippen LogP contribution is 2.28. The van der Waals surface area contributed by atoms with Crippen molar-refractivity contribution in [1.29, 1.82) is 0 Å². The van der Waals surface area contributed by atoms with Gasteiger partial charge in [0.2, 0.25) is 0 Å². The van der Waals surface area contributed by atoms with Crippen molar-refractivity contribution in [2.24, 2.45) is 7.05 Å². The molecule has 0 atom stereocenters. The Morgan fingerprint density at radius 3 is 1.12 bits per heavy atom. The van der Waals surface area contributed by atoms with Gasteiger partial charge < -0.3 is 24.0 Å². The fourth-order valence-electron chi connectivity index (χ4n) is 13.5. The zero-order chi connectivity index (χ0) is 64.8. The number of rotatable bonds is 16. The molecule has 16 rings (SSSR count). The minimum atomic E-state index is -0.0902. The second-order valence-electron chi connectivity index (χ2n) is 24.9. The molecule has 0 spiro atoms. The van der Waals surface area contributed by atoms with Crippen molar-refractivity contribution < 1.29 is 4.74 Å². The van der Waals surface area contributed by atoms with E-state index in [9.17, 15) is 14.4 Å². The number of likely N-dealkylation sites (tertiary alicyclic amines) is 3. The number of benzene rings is 6. The first-order valence-electron chi connectivity index (χ1n) is 33.0. The number of methoxy groups -OCH3 is 1. The lowest BCUT2D eigenvalue weighted by atomic mass is 10.1. The highest BCUT2D eigenvalue weighted by Gasteiger charge is 2.17. The van der Waals surface area contributed by atoms with Crippen LogP contribution in [0.15, 0.2) is 222 Å². The number of pyridine rings is 3. The molecule has 3 saturated heterocycles. The summed E-state index contributed by atoms with van der Waals surface area (Å²) in [6.45, 7) is 20.0. The molecule has 18 heteroatoms. The number of ether oxygens (including phenoxy) is 1. The van der Waals surface area contributed by atoms with Gasteiger partial charge in [0.05, 0.1) is 68.5 Å². The van der Waals surface area contributed by atoms with Crippen LogP contribution in [0.3, 0.4) is 0 Å². The van der Waals surface area contributed by atoms with E-state index in [1.54, 1.807) is 57.3 Å². The minimum absolute atomic E-state index is 0.0403. The molecule has 3 aliphatic heterocycles. The third-order valence-corrected chi connectivity index (χ3v) is 18.9. The van der Waals surface area contributed by atoms with E-state index in [1.165, 1.54) is 88.7 Å². The number of hydrogen-bond donors (Lipinski definition) is 0. The quantitative estimate of drug-likeness (QED) is 0.0856. The van der Waals surface area contributed by atoms with Gasteiger partial charge >= 0.3 is 0 Å². The molecule has 7 aromatic heterocycles. The summed E-state index contributed by atoms with van der Waals surface area (Å²) in [6.07, 6.45) is 21.0. The summed E-state index contributed by atoms with van der Waals surface area (Å²) in [5.41, 5.74) is 13.0. The lowest BCUT2D eigenvalue weighted by Gasteiger charge is -2.14. The Labute approximate surface area is 550 Å². The smallest absolute Gasteiger partial charge is 0.255 e. The van der Waals surface area contributed by atoms with Gasteiger partial charge in [-0.25, -0.2) is 4.85 Å². The van der Waals surface area contributed by atoms with Crippen LogP contribution in [0.25, 0.3) is 98.9 Å². The van der Waals surface area contributed by atoms with Crippen LogP contribution in [0.4, 0.5) is 5.69 Å². The molecule has 18 nitrogen and oxygen atoms in total. The van der Waals surface area contributed by atoms with Crippen molar-refractivity contribution in [3.8, 4) is 56.2 Å². The first-order chi connectivity index (χ1) is 46.6. The molecule has 0 saturated carbocycles. The van der Waals surface area contributed by atoms with E-state index < -0.39 is 0 Å². The molecule has 0 unspecified atom stereocenters. The van der Waals surface area contributed by atoms with Crippen molar-refractivity contribution >= 4 is 49.3 Å². The van der Waals surface area contributed by atoms with Gasteiger partial charge in [-0.2, -0.15) is 15.3 Å². The molecule has 13 aromatic rings. The Kier molecular flexibility index (Phi) is 18.1. The Balaban J connectivity index is 0.000000123. The third kappa shape index (κ3) is 13.7. The summed E-state index contributed by atoms with van der Waals surface area (Å²) in [6, 6.07) is 52.6. The molecule has 0 aliphatic carbocycles. The summed E-state index contributed by atoms with van der Waals surface area (Å²) in [5.74, 6) is 0.798. The zero-order valence-corrected chi connectivity index (χ0v) is 53.8. The monoisotopic (exact) mass is 1260 g/mol. The van der Waals surface area contributed by atoms with E-state index >= 15 is 0 Å². The van der Waals surface area contributed by atoms with E-state index in [1.807, 2.05) is 135 Å². The summed E-state index contributed by atoms with van der Waals surface area (Å²) in [4.78, 5) is 49.5. The fourth-order valence-corrected chi connectivity index (χ4v) is 13.5. The van der Waals surface area contributed by atoms with Crippen molar-refractivity contribution in [1.82, 2.24) is 62.3 Å². The van der Waals surface area contributed by atoms with E-state index in [4.69, 9.17) is 11.3 Å². The van der Waals surface area contributed by atoms with Crippen molar-refractivity contribution in [3.63, 3.8) is 0 Å². The van der Waals surface area contributed by atoms with E-state index in [0.717, 1.165) is 128 Å². The predicted octanol–water partition coefficient (Wildman–Crippen LogP) is 12.9. The first-order valence-corrected chi connectivity index (χ1v) is 33.0. The van der Waals surface area contributed by atoms with E-state index in [-0.39, 0.29) is 16.7 Å². The van der Waals surface area contributed by atoms with Crippen LogP contribution in [-0.4, -0.2) is 128 Å². The maximum Gasteiger partial charge on any atom is 0.255 e. The second kappa shape index (κ2) is 27.9. The van der Waals surface area contributed by atoms with Crippen molar-refractivity contribution in [3.05, 3.63) is 250 Å². The molecular formula is C77H76N14O4. The maximum atomic E-state index is 13.0. The van der Waals surface area contributed by atoms with Crippen molar-refractivity contribution in [2.45, 2.75) is 58.2 Å². The van der Waals surface area contributed by atoms with Gasteiger partial charge in [-0.1, -0.05) is 42.5 Å². The fraction of sp³-hybridized carbons (Fsp3) is 0.260. The van der Waals surface area contributed by atoms with Crippen LogP contribution < -0.4 is 21.4 Å². The highest BCUT2D eigenvalue weighted by molar-refractivity contribution is 5.86. The van der Waals surface area contributed by atoms with Gasteiger partial charge in [0.25, 0.3) is 16.7 Å². The zero-order valence-electron chi connectivity index (χ0n) is 53.8. The number of aromatic nitrogens is 10. The number of aryl methyl sites for hydroxylation is 1. The summed E-state index contributed by atoms with van der Waals surface area (Å²) < 4.78 is 18.5. The summed E-state index contributed by atoms with van der Waals surface area (Å²) in [5, 5.41) is 18.0. The molecule has 6 aromatic carbocycles.